The maximum atomic E-state index is 13.0. The predicted octanol–water partition coefficient (Wildman–Crippen LogP) is 4.16. The van der Waals surface area contributed by atoms with Gasteiger partial charge < -0.3 is 14.5 Å². The Balaban J connectivity index is 1.47. The Labute approximate surface area is 183 Å². The molecule has 0 bridgehead atoms. The van der Waals surface area contributed by atoms with Gasteiger partial charge in [-0.05, 0) is 24.3 Å². The SMILES string of the molecule is COc1cccc(-n2ccnc2N2CCN(C(=O)c3ccccc3SC(F)F)CC2)c1. The molecule has 4 rings (SSSR count). The molecule has 2 aromatic carbocycles. The average Bonchev–Trinajstić information content (AvgIpc) is 3.29. The number of aromatic nitrogens is 2. The van der Waals surface area contributed by atoms with Crippen LogP contribution in [0.15, 0.2) is 65.8 Å². The Hall–Kier alpha value is -3.07. The molecule has 9 heteroatoms. The lowest BCUT2D eigenvalue weighted by atomic mass is 10.2. The second kappa shape index (κ2) is 9.38. The molecule has 2 heterocycles. The average molecular weight is 445 g/mol. The fraction of sp³-hybridized carbons (Fsp3) is 0.273. The number of methoxy groups -OCH3 is 1. The number of carbonyl (C=O) groups excluding carboxylic acids is 1. The highest BCUT2D eigenvalue weighted by molar-refractivity contribution is 7.99. The van der Waals surface area contributed by atoms with Gasteiger partial charge in [-0.1, -0.05) is 30.0 Å². The van der Waals surface area contributed by atoms with Crippen LogP contribution in [-0.4, -0.2) is 59.4 Å². The number of ether oxygens (including phenoxy) is 1. The van der Waals surface area contributed by atoms with Crippen LogP contribution in [0.4, 0.5) is 14.7 Å². The second-order valence-corrected chi connectivity index (χ2v) is 7.98. The van der Waals surface area contributed by atoms with Crippen molar-refractivity contribution in [3.8, 4) is 11.4 Å². The summed E-state index contributed by atoms with van der Waals surface area (Å²) in [5.41, 5.74) is 1.25. The molecule has 162 valence electrons. The Bertz CT molecular complexity index is 1050. The largest absolute Gasteiger partial charge is 0.497 e. The highest BCUT2D eigenvalue weighted by Crippen LogP contribution is 2.29. The Morgan fingerprint density at radius 2 is 1.87 bits per heavy atom. The smallest absolute Gasteiger partial charge is 0.288 e. The number of piperazine rings is 1. The van der Waals surface area contributed by atoms with Gasteiger partial charge in [0.15, 0.2) is 0 Å². The van der Waals surface area contributed by atoms with Crippen molar-refractivity contribution in [2.45, 2.75) is 10.7 Å². The summed E-state index contributed by atoms with van der Waals surface area (Å²) in [6.07, 6.45) is 3.63. The number of thioether (sulfide) groups is 1. The van der Waals surface area contributed by atoms with E-state index in [2.05, 4.69) is 9.88 Å². The monoisotopic (exact) mass is 444 g/mol. The number of rotatable bonds is 6. The van der Waals surface area contributed by atoms with Crippen molar-refractivity contribution in [2.24, 2.45) is 0 Å². The summed E-state index contributed by atoms with van der Waals surface area (Å²) < 4.78 is 33.0. The lowest BCUT2D eigenvalue weighted by Crippen LogP contribution is -2.49. The van der Waals surface area contributed by atoms with Gasteiger partial charge in [-0.15, -0.1) is 0 Å². The number of benzene rings is 2. The first kappa shape index (κ1) is 21.2. The summed E-state index contributed by atoms with van der Waals surface area (Å²) in [6, 6.07) is 14.2. The standard InChI is InChI=1S/C22H22F2N4O2S/c1-30-17-6-4-5-16(15-17)28-10-9-25-22(28)27-13-11-26(12-14-27)20(29)18-7-2-3-8-19(18)31-21(23)24/h2-10,15,21H,11-14H2,1H3. The van der Waals surface area contributed by atoms with E-state index in [0.29, 0.717) is 48.4 Å². The molecular formula is C22H22F2N4O2S. The van der Waals surface area contributed by atoms with E-state index in [1.807, 2.05) is 35.0 Å². The minimum Gasteiger partial charge on any atom is -0.497 e. The summed E-state index contributed by atoms with van der Waals surface area (Å²) in [6.45, 7) is 2.16. The van der Waals surface area contributed by atoms with Gasteiger partial charge in [0, 0.05) is 49.5 Å². The molecule has 3 aromatic rings. The topological polar surface area (TPSA) is 50.6 Å². The van der Waals surface area contributed by atoms with Crippen LogP contribution in [0.1, 0.15) is 10.4 Å². The van der Waals surface area contributed by atoms with E-state index in [4.69, 9.17) is 4.74 Å². The van der Waals surface area contributed by atoms with E-state index >= 15 is 0 Å². The zero-order valence-corrected chi connectivity index (χ0v) is 17.8. The van der Waals surface area contributed by atoms with Crippen molar-refractivity contribution in [2.75, 3.05) is 38.2 Å². The summed E-state index contributed by atoms with van der Waals surface area (Å²) in [4.78, 5) is 21.6. The summed E-state index contributed by atoms with van der Waals surface area (Å²) in [7, 11) is 1.63. The van der Waals surface area contributed by atoms with Crippen LogP contribution in [0, 0.1) is 0 Å². The molecular weight excluding hydrogens is 422 g/mol. The van der Waals surface area contributed by atoms with Crippen molar-refractivity contribution in [3.63, 3.8) is 0 Å². The van der Waals surface area contributed by atoms with Gasteiger partial charge >= 0.3 is 0 Å². The third-order valence-electron chi connectivity index (χ3n) is 5.14. The Kier molecular flexibility index (Phi) is 6.41. The van der Waals surface area contributed by atoms with E-state index < -0.39 is 5.76 Å². The molecule has 0 saturated carbocycles. The highest BCUT2D eigenvalue weighted by atomic mass is 32.2. The Morgan fingerprint density at radius 1 is 1.10 bits per heavy atom. The van der Waals surface area contributed by atoms with Gasteiger partial charge in [0.05, 0.1) is 18.4 Å². The van der Waals surface area contributed by atoms with Crippen molar-refractivity contribution < 1.29 is 18.3 Å². The molecule has 31 heavy (non-hydrogen) atoms. The number of amides is 1. The maximum Gasteiger partial charge on any atom is 0.288 e. The predicted molar refractivity (Wildman–Crippen MR) is 117 cm³/mol. The number of anilines is 1. The Morgan fingerprint density at radius 3 is 2.61 bits per heavy atom. The van der Waals surface area contributed by atoms with Crippen LogP contribution in [0.3, 0.4) is 0 Å². The molecule has 0 unspecified atom stereocenters. The molecule has 0 aliphatic carbocycles. The number of imidazole rings is 1. The first-order valence-corrected chi connectivity index (χ1v) is 10.7. The van der Waals surface area contributed by atoms with E-state index in [1.165, 1.54) is 0 Å². The summed E-state index contributed by atoms with van der Waals surface area (Å²) in [5, 5.41) is 0. The zero-order valence-electron chi connectivity index (χ0n) is 16.9. The van der Waals surface area contributed by atoms with Crippen LogP contribution in [0.2, 0.25) is 0 Å². The van der Waals surface area contributed by atoms with Crippen LogP contribution < -0.4 is 9.64 Å². The van der Waals surface area contributed by atoms with Gasteiger partial charge in [0.2, 0.25) is 5.95 Å². The molecule has 6 nitrogen and oxygen atoms in total. The number of hydrogen-bond acceptors (Lipinski definition) is 5. The number of alkyl halides is 2. The lowest BCUT2D eigenvalue weighted by molar-refractivity contribution is 0.0742. The molecule has 1 amide bonds. The molecule has 0 N–H and O–H groups in total. The van der Waals surface area contributed by atoms with E-state index in [1.54, 1.807) is 42.5 Å². The molecule has 0 radical (unpaired) electrons. The third-order valence-corrected chi connectivity index (χ3v) is 5.92. The van der Waals surface area contributed by atoms with Crippen molar-refractivity contribution in [1.29, 1.82) is 0 Å². The van der Waals surface area contributed by atoms with Gasteiger partial charge in [0.25, 0.3) is 11.7 Å². The van der Waals surface area contributed by atoms with Gasteiger partial charge in [0.1, 0.15) is 5.75 Å². The van der Waals surface area contributed by atoms with Crippen molar-refractivity contribution >= 4 is 23.6 Å². The molecule has 1 aliphatic rings. The molecule has 0 spiro atoms. The molecule has 1 saturated heterocycles. The quantitative estimate of drug-likeness (QED) is 0.535. The van der Waals surface area contributed by atoms with Crippen LogP contribution in [0.5, 0.6) is 5.75 Å². The van der Waals surface area contributed by atoms with Gasteiger partial charge in [-0.2, -0.15) is 8.78 Å². The normalized spacial score (nSPS) is 14.2. The van der Waals surface area contributed by atoms with Crippen LogP contribution in [-0.2, 0) is 0 Å². The minimum absolute atomic E-state index is 0.223. The number of nitrogens with zero attached hydrogens (tertiary/aromatic N) is 4. The molecule has 1 fully saturated rings. The van der Waals surface area contributed by atoms with Crippen LogP contribution in [0.25, 0.3) is 5.69 Å². The number of halogens is 2. The first-order chi connectivity index (χ1) is 15.1. The fourth-order valence-corrected chi connectivity index (χ4v) is 4.24. The summed E-state index contributed by atoms with van der Waals surface area (Å²) in [5.74, 6) is -1.25. The first-order valence-electron chi connectivity index (χ1n) is 9.82. The van der Waals surface area contributed by atoms with Crippen LogP contribution >= 0.6 is 11.8 Å². The van der Waals surface area contributed by atoms with Gasteiger partial charge in [-0.25, -0.2) is 4.98 Å². The lowest BCUT2D eigenvalue weighted by Gasteiger charge is -2.35. The van der Waals surface area contributed by atoms with E-state index in [-0.39, 0.29) is 5.91 Å². The van der Waals surface area contributed by atoms with E-state index in [9.17, 15) is 13.6 Å². The third kappa shape index (κ3) is 4.66. The van der Waals surface area contributed by atoms with Crippen molar-refractivity contribution in [3.05, 3.63) is 66.5 Å². The number of hydrogen-bond donors (Lipinski definition) is 0. The highest BCUT2D eigenvalue weighted by Gasteiger charge is 2.26. The maximum absolute atomic E-state index is 13.0. The van der Waals surface area contributed by atoms with E-state index in [0.717, 1.165) is 17.4 Å². The minimum atomic E-state index is -2.57. The number of carbonyl (C=O) groups is 1. The molecule has 1 aliphatic heterocycles. The van der Waals surface area contributed by atoms with Gasteiger partial charge in [-0.3, -0.25) is 9.36 Å². The molecule has 1 aromatic heterocycles. The summed E-state index contributed by atoms with van der Waals surface area (Å²) >= 11 is 0.404. The second-order valence-electron chi connectivity index (χ2n) is 6.95. The zero-order chi connectivity index (χ0) is 21.8. The molecule has 0 atom stereocenters. The fourth-order valence-electron chi connectivity index (χ4n) is 3.61. The van der Waals surface area contributed by atoms with Crippen molar-refractivity contribution in [1.82, 2.24) is 14.5 Å².